The van der Waals surface area contributed by atoms with E-state index in [1.54, 1.807) is 0 Å². The molecule has 0 saturated heterocycles. The number of para-hydroxylation sites is 3. The number of aromatic nitrogens is 5. The van der Waals surface area contributed by atoms with Gasteiger partial charge in [0.25, 0.3) is 0 Å². The first-order valence-corrected chi connectivity index (χ1v) is 18.5. The highest BCUT2D eigenvalue weighted by Gasteiger charge is 2.41. The van der Waals surface area contributed by atoms with Crippen molar-refractivity contribution in [2.75, 3.05) is 0 Å². The summed E-state index contributed by atoms with van der Waals surface area (Å²) in [6.45, 7) is 4.75. The molecule has 0 spiro atoms. The molecule has 10 aromatic rings. The van der Waals surface area contributed by atoms with Crippen LogP contribution in [0.4, 0.5) is 0 Å². The largest absolute Gasteiger partial charge is 0.307 e. The Morgan fingerprint density at radius 1 is 0.527 bits per heavy atom. The third kappa shape index (κ3) is 4.38. The minimum absolute atomic E-state index is 0.274. The number of nitriles is 1. The average molecular weight is 705 g/mol. The summed E-state index contributed by atoms with van der Waals surface area (Å²) in [5.74, 6) is 1.63. The molecule has 6 heteroatoms. The predicted molar refractivity (Wildman–Crippen MR) is 222 cm³/mol. The molecule has 0 saturated carbocycles. The van der Waals surface area contributed by atoms with Crippen LogP contribution in [0.5, 0.6) is 0 Å². The van der Waals surface area contributed by atoms with Crippen molar-refractivity contribution in [2.45, 2.75) is 19.3 Å². The number of fused-ring (bicyclic) bond motifs is 12. The van der Waals surface area contributed by atoms with Crippen LogP contribution in [0.15, 0.2) is 158 Å². The highest BCUT2D eigenvalue weighted by Crippen LogP contribution is 2.58. The van der Waals surface area contributed by atoms with Crippen LogP contribution >= 0.6 is 0 Å². The van der Waals surface area contributed by atoms with Gasteiger partial charge in [-0.15, -0.1) is 0 Å². The third-order valence-electron chi connectivity index (χ3n) is 11.4. The predicted octanol–water partition coefficient (Wildman–Crippen LogP) is 11.6. The smallest absolute Gasteiger partial charge is 0.238 e. The fourth-order valence-electron chi connectivity index (χ4n) is 9.02. The summed E-state index contributed by atoms with van der Waals surface area (Å²) in [5, 5.41) is 14.3. The second kappa shape index (κ2) is 11.6. The SMILES string of the molecule is CC1(C)c2ccccc2-c2c1c1c3ccccc3n(-c3ccccc3)c1c1c2c2ccccc2n1-c1nc(-c2ccccc2)nc(-c2ccc(C#N)cc2)n1. The fraction of sp³-hybridized carbons (Fsp3) is 0.0612. The molecule has 0 atom stereocenters. The Labute approximate surface area is 317 Å². The lowest BCUT2D eigenvalue weighted by Crippen LogP contribution is -2.15. The summed E-state index contributed by atoms with van der Waals surface area (Å²) in [5.41, 5.74) is 12.6. The molecule has 0 amide bonds. The molecule has 1 aliphatic rings. The summed E-state index contributed by atoms with van der Waals surface area (Å²) in [6.07, 6.45) is 0. The monoisotopic (exact) mass is 704 g/mol. The van der Waals surface area contributed by atoms with E-state index in [0.29, 0.717) is 23.2 Å². The first-order chi connectivity index (χ1) is 27.0. The molecule has 0 fully saturated rings. The van der Waals surface area contributed by atoms with Gasteiger partial charge in [-0.3, -0.25) is 4.57 Å². The van der Waals surface area contributed by atoms with Crippen LogP contribution in [0.2, 0.25) is 0 Å². The van der Waals surface area contributed by atoms with E-state index in [0.717, 1.165) is 44.3 Å². The summed E-state index contributed by atoms with van der Waals surface area (Å²) < 4.78 is 4.70. The van der Waals surface area contributed by atoms with E-state index in [1.807, 2.05) is 54.6 Å². The maximum absolute atomic E-state index is 9.57. The summed E-state index contributed by atoms with van der Waals surface area (Å²) in [6, 6.07) is 56.8. The van der Waals surface area contributed by atoms with Crippen LogP contribution < -0.4 is 0 Å². The van der Waals surface area contributed by atoms with Gasteiger partial charge in [0, 0.05) is 43.8 Å². The Balaban J connectivity index is 1.39. The maximum atomic E-state index is 9.57. The van der Waals surface area contributed by atoms with Gasteiger partial charge in [-0.1, -0.05) is 123 Å². The van der Waals surface area contributed by atoms with E-state index in [-0.39, 0.29) is 5.41 Å². The molecule has 55 heavy (non-hydrogen) atoms. The number of rotatable bonds is 4. The Kier molecular flexibility index (Phi) is 6.56. The molecule has 6 nitrogen and oxygen atoms in total. The second-order valence-corrected chi connectivity index (χ2v) is 14.7. The molecular weight excluding hydrogens is 673 g/mol. The standard InChI is InChI=1S/C49H32N6/c1-49(2)37-22-12-9-19-34(37)40-41-35-20-10-14-24-39(35)55(44(41)45-42(43(40)49)36-21-11-13-23-38(36)54(45)33-17-7-4-8-18-33)48-52-46(31-15-5-3-6-16-31)51-47(53-48)32-27-25-30(29-50)26-28-32/h3-28H,1-2H3. The molecule has 11 rings (SSSR count). The quantitative estimate of drug-likeness (QED) is 0.183. The molecule has 3 heterocycles. The van der Waals surface area contributed by atoms with Crippen molar-refractivity contribution in [1.29, 1.82) is 5.26 Å². The molecular formula is C49H32N6. The molecule has 0 bridgehead atoms. The van der Waals surface area contributed by atoms with Gasteiger partial charge in [-0.05, 0) is 70.8 Å². The third-order valence-corrected chi connectivity index (χ3v) is 11.4. The van der Waals surface area contributed by atoms with Gasteiger partial charge in [0.05, 0.1) is 33.7 Å². The van der Waals surface area contributed by atoms with Crippen molar-refractivity contribution in [1.82, 2.24) is 24.1 Å². The number of benzene rings is 7. The first kappa shape index (κ1) is 31.2. The topological polar surface area (TPSA) is 72.3 Å². The molecule has 0 radical (unpaired) electrons. The van der Waals surface area contributed by atoms with E-state index in [4.69, 9.17) is 15.0 Å². The lowest BCUT2D eigenvalue weighted by molar-refractivity contribution is 0.667. The average Bonchev–Trinajstić information content (AvgIpc) is 3.85. The van der Waals surface area contributed by atoms with Crippen LogP contribution in [-0.4, -0.2) is 24.1 Å². The highest BCUT2D eigenvalue weighted by molar-refractivity contribution is 6.30. The molecule has 258 valence electrons. The minimum Gasteiger partial charge on any atom is -0.307 e. The van der Waals surface area contributed by atoms with Crippen molar-refractivity contribution in [3.8, 4) is 51.6 Å². The molecule has 0 aliphatic heterocycles. The van der Waals surface area contributed by atoms with Crippen LogP contribution in [0, 0.1) is 11.3 Å². The van der Waals surface area contributed by atoms with E-state index in [2.05, 4.69) is 132 Å². The zero-order chi connectivity index (χ0) is 36.8. The van der Waals surface area contributed by atoms with Crippen LogP contribution in [0.3, 0.4) is 0 Å². The van der Waals surface area contributed by atoms with Crippen molar-refractivity contribution in [3.05, 3.63) is 174 Å². The first-order valence-electron chi connectivity index (χ1n) is 18.5. The Bertz CT molecular complexity index is 3220. The fourth-order valence-corrected chi connectivity index (χ4v) is 9.02. The van der Waals surface area contributed by atoms with Gasteiger partial charge < -0.3 is 4.57 Å². The minimum atomic E-state index is -0.274. The number of hydrogen-bond donors (Lipinski definition) is 0. The molecule has 1 aliphatic carbocycles. The lowest BCUT2D eigenvalue weighted by Gasteiger charge is -2.23. The molecule has 0 unspecified atom stereocenters. The van der Waals surface area contributed by atoms with Crippen LogP contribution in [-0.2, 0) is 5.41 Å². The zero-order valence-corrected chi connectivity index (χ0v) is 30.2. The van der Waals surface area contributed by atoms with Crippen molar-refractivity contribution in [3.63, 3.8) is 0 Å². The Hall–Kier alpha value is -7.36. The normalized spacial score (nSPS) is 13.0. The van der Waals surface area contributed by atoms with E-state index < -0.39 is 0 Å². The van der Waals surface area contributed by atoms with Crippen molar-refractivity contribution >= 4 is 43.6 Å². The Morgan fingerprint density at radius 3 is 1.76 bits per heavy atom. The summed E-state index contributed by atoms with van der Waals surface area (Å²) >= 11 is 0. The number of hydrogen-bond acceptors (Lipinski definition) is 4. The second-order valence-electron chi connectivity index (χ2n) is 14.7. The molecule has 7 aromatic carbocycles. The van der Waals surface area contributed by atoms with Gasteiger partial charge >= 0.3 is 0 Å². The number of nitrogens with zero attached hydrogens (tertiary/aromatic N) is 6. The van der Waals surface area contributed by atoms with E-state index >= 15 is 0 Å². The van der Waals surface area contributed by atoms with Crippen molar-refractivity contribution in [2.24, 2.45) is 0 Å². The molecule has 0 N–H and O–H groups in total. The lowest BCUT2D eigenvalue weighted by atomic mass is 9.80. The van der Waals surface area contributed by atoms with Gasteiger partial charge in [-0.2, -0.15) is 15.2 Å². The summed E-state index contributed by atoms with van der Waals surface area (Å²) in [7, 11) is 0. The van der Waals surface area contributed by atoms with Gasteiger partial charge in [-0.25, -0.2) is 4.98 Å². The van der Waals surface area contributed by atoms with Gasteiger partial charge in [0.15, 0.2) is 11.6 Å². The van der Waals surface area contributed by atoms with Gasteiger partial charge in [0.1, 0.15) is 0 Å². The van der Waals surface area contributed by atoms with Gasteiger partial charge in [0.2, 0.25) is 5.95 Å². The Morgan fingerprint density at radius 2 is 1.07 bits per heavy atom. The van der Waals surface area contributed by atoms with Crippen LogP contribution in [0.1, 0.15) is 30.5 Å². The van der Waals surface area contributed by atoms with E-state index in [9.17, 15) is 5.26 Å². The molecule has 3 aromatic heterocycles. The highest BCUT2D eigenvalue weighted by atomic mass is 15.2. The zero-order valence-electron chi connectivity index (χ0n) is 30.2. The summed E-state index contributed by atoms with van der Waals surface area (Å²) in [4.78, 5) is 15.7. The maximum Gasteiger partial charge on any atom is 0.238 e. The van der Waals surface area contributed by atoms with Crippen molar-refractivity contribution < 1.29 is 0 Å². The van der Waals surface area contributed by atoms with Crippen LogP contribution in [0.25, 0.3) is 89.2 Å². The van der Waals surface area contributed by atoms with E-state index in [1.165, 1.54) is 38.4 Å².